The molecule has 0 spiro atoms. The molecular weight excluding hydrogens is 174 g/mol. The third-order valence-corrected chi connectivity index (χ3v) is 1.77. The number of carbonyl (C=O) groups is 2. The molecule has 0 fully saturated rings. The lowest BCUT2D eigenvalue weighted by molar-refractivity contribution is -0.115. The van der Waals surface area contributed by atoms with Gasteiger partial charge in [-0.1, -0.05) is 0 Å². The number of urea groups is 1. The fourth-order valence-corrected chi connectivity index (χ4v) is 1.13. The molecule has 0 atom stereocenters. The molecular formula is C3H7N3O4S. The van der Waals surface area contributed by atoms with Crippen LogP contribution >= 0.6 is 0 Å². The second-order valence-electron chi connectivity index (χ2n) is 1.69. The first-order valence-electron chi connectivity index (χ1n) is 2.42. The Morgan fingerprint density at radius 2 is 1.73 bits per heavy atom. The maximum atomic E-state index is 10.5. The van der Waals surface area contributed by atoms with Crippen molar-refractivity contribution in [2.45, 2.75) is 0 Å². The van der Waals surface area contributed by atoms with Crippen LogP contribution in [-0.2, 0) is 14.8 Å². The van der Waals surface area contributed by atoms with Gasteiger partial charge in [-0.3, -0.25) is 4.79 Å². The van der Waals surface area contributed by atoms with E-state index in [9.17, 15) is 18.0 Å². The molecule has 0 heterocycles. The summed E-state index contributed by atoms with van der Waals surface area (Å²) in [5, 5.41) is 0. The summed E-state index contributed by atoms with van der Waals surface area (Å²) >= 11 is 0. The second-order valence-corrected chi connectivity index (χ2v) is 3.41. The van der Waals surface area contributed by atoms with E-state index >= 15 is 0 Å². The van der Waals surface area contributed by atoms with E-state index in [0.717, 1.165) is 0 Å². The van der Waals surface area contributed by atoms with Crippen molar-refractivity contribution in [1.29, 1.82) is 0 Å². The highest BCUT2D eigenvalue weighted by Crippen LogP contribution is 1.80. The Morgan fingerprint density at radius 1 is 1.27 bits per heavy atom. The molecule has 5 N–H and O–H groups in total. The monoisotopic (exact) mass is 181 g/mol. The van der Waals surface area contributed by atoms with Crippen LogP contribution in [0.5, 0.6) is 0 Å². The molecule has 3 amide bonds. The molecule has 11 heavy (non-hydrogen) atoms. The molecule has 64 valence electrons. The molecule has 0 rings (SSSR count). The quantitative estimate of drug-likeness (QED) is 0.442. The molecule has 0 aromatic rings. The largest absolute Gasteiger partial charge is 0.369 e. The summed E-state index contributed by atoms with van der Waals surface area (Å²) < 4.78 is 22.4. The van der Waals surface area contributed by atoms with E-state index in [4.69, 9.17) is 0 Å². The Bertz CT molecular complexity index is 246. The number of hydrogen-bond acceptors (Lipinski definition) is 4. The molecule has 7 nitrogen and oxygen atoms in total. The molecule has 0 saturated heterocycles. The average Bonchev–Trinajstić information content (AvgIpc) is 1.53. The zero-order valence-corrected chi connectivity index (χ0v) is 6.22. The van der Waals surface area contributed by atoms with Crippen LogP contribution in [0.15, 0.2) is 0 Å². The summed E-state index contributed by atoms with van der Waals surface area (Å²) in [5.74, 6) is -2.01. The summed E-state index contributed by atoms with van der Waals surface area (Å²) in [6.07, 6.45) is 0. The minimum atomic E-state index is -3.98. The van der Waals surface area contributed by atoms with E-state index < -0.39 is 27.7 Å². The van der Waals surface area contributed by atoms with E-state index in [2.05, 4.69) is 11.5 Å². The van der Waals surface area contributed by atoms with Gasteiger partial charge in [-0.25, -0.2) is 17.9 Å². The van der Waals surface area contributed by atoms with E-state index in [1.807, 2.05) is 0 Å². The van der Waals surface area contributed by atoms with Gasteiger partial charge in [0.1, 0.15) is 5.75 Å². The first-order chi connectivity index (χ1) is 4.83. The SMILES string of the molecule is NC(=O)CS(=O)(=O)NC(N)=O. The Balaban J connectivity index is 4.25. The van der Waals surface area contributed by atoms with Gasteiger partial charge in [0, 0.05) is 0 Å². The van der Waals surface area contributed by atoms with Crippen molar-refractivity contribution in [2.24, 2.45) is 11.5 Å². The predicted octanol–water partition coefficient (Wildman–Crippen LogP) is -2.53. The van der Waals surface area contributed by atoms with E-state index in [-0.39, 0.29) is 0 Å². The second kappa shape index (κ2) is 3.19. The highest BCUT2D eigenvalue weighted by Gasteiger charge is 2.14. The molecule has 0 saturated carbocycles. The topological polar surface area (TPSA) is 132 Å². The number of primary amides is 2. The smallest absolute Gasteiger partial charge is 0.325 e. The minimum Gasteiger partial charge on any atom is -0.369 e. The van der Waals surface area contributed by atoms with Gasteiger partial charge in [0.2, 0.25) is 15.9 Å². The van der Waals surface area contributed by atoms with Crippen LogP contribution in [0.4, 0.5) is 4.79 Å². The number of nitrogens with two attached hydrogens (primary N) is 2. The summed E-state index contributed by atoms with van der Waals surface area (Å²) in [5.41, 5.74) is 9.02. The van der Waals surface area contributed by atoms with Crippen molar-refractivity contribution in [3.63, 3.8) is 0 Å². The average molecular weight is 181 g/mol. The number of hydrogen-bond donors (Lipinski definition) is 3. The standard InChI is InChI=1S/C3H7N3O4S/c4-2(7)1-11(9,10)6-3(5)8/h1H2,(H2,4,7)(H3,5,6,8). The highest BCUT2D eigenvalue weighted by molar-refractivity contribution is 7.90. The Labute approximate surface area is 62.8 Å². The van der Waals surface area contributed by atoms with Crippen LogP contribution in [0.3, 0.4) is 0 Å². The van der Waals surface area contributed by atoms with Crippen molar-refractivity contribution >= 4 is 22.0 Å². The Morgan fingerprint density at radius 3 is 2.00 bits per heavy atom. The Kier molecular flexibility index (Phi) is 2.81. The van der Waals surface area contributed by atoms with E-state index in [1.165, 1.54) is 4.72 Å². The van der Waals surface area contributed by atoms with Gasteiger partial charge in [0.05, 0.1) is 0 Å². The van der Waals surface area contributed by atoms with Crippen molar-refractivity contribution in [3.05, 3.63) is 0 Å². The highest BCUT2D eigenvalue weighted by atomic mass is 32.2. The summed E-state index contributed by atoms with van der Waals surface area (Å²) in [7, 11) is -3.98. The number of nitrogens with one attached hydrogen (secondary N) is 1. The van der Waals surface area contributed by atoms with Gasteiger partial charge in [-0.15, -0.1) is 0 Å². The van der Waals surface area contributed by atoms with Gasteiger partial charge in [-0.05, 0) is 0 Å². The van der Waals surface area contributed by atoms with Crippen molar-refractivity contribution < 1.29 is 18.0 Å². The molecule has 0 bridgehead atoms. The molecule has 8 heteroatoms. The predicted molar refractivity (Wildman–Crippen MR) is 35.7 cm³/mol. The molecule has 0 radical (unpaired) electrons. The fourth-order valence-electron chi connectivity index (χ4n) is 0.377. The van der Waals surface area contributed by atoms with Crippen LogP contribution in [0.1, 0.15) is 0 Å². The third-order valence-electron chi connectivity index (χ3n) is 0.588. The third kappa shape index (κ3) is 5.15. The number of amides is 3. The first-order valence-corrected chi connectivity index (χ1v) is 4.07. The number of carbonyl (C=O) groups excluding carboxylic acids is 2. The molecule has 0 unspecified atom stereocenters. The zero-order valence-electron chi connectivity index (χ0n) is 5.40. The normalized spacial score (nSPS) is 10.5. The summed E-state index contributed by atoms with van der Waals surface area (Å²) in [6, 6.07) is -1.24. The summed E-state index contributed by atoms with van der Waals surface area (Å²) in [6.45, 7) is 0. The van der Waals surface area contributed by atoms with Crippen molar-refractivity contribution in [2.75, 3.05) is 5.75 Å². The zero-order chi connectivity index (χ0) is 9.07. The van der Waals surface area contributed by atoms with Crippen LogP contribution in [-0.4, -0.2) is 26.1 Å². The number of sulfonamides is 1. The van der Waals surface area contributed by atoms with Gasteiger partial charge >= 0.3 is 6.03 Å². The summed E-state index contributed by atoms with van der Waals surface area (Å²) in [4.78, 5) is 20.0. The van der Waals surface area contributed by atoms with Crippen LogP contribution in [0.25, 0.3) is 0 Å². The van der Waals surface area contributed by atoms with Crippen LogP contribution < -0.4 is 16.2 Å². The van der Waals surface area contributed by atoms with Gasteiger partial charge < -0.3 is 11.5 Å². The van der Waals surface area contributed by atoms with Gasteiger partial charge in [0.15, 0.2) is 0 Å². The molecule has 0 aromatic heterocycles. The number of rotatable bonds is 3. The lowest BCUT2D eigenvalue weighted by Gasteiger charge is -1.99. The van der Waals surface area contributed by atoms with E-state index in [1.54, 1.807) is 0 Å². The van der Waals surface area contributed by atoms with Gasteiger partial charge in [0.25, 0.3) is 0 Å². The van der Waals surface area contributed by atoms with Crippen molar-refractivity contribution in [3.8, 4) is 0 Å². The lowest BCUT2D eigenvalue weighted by Crippen LogP contribution is -2.39. The Hall–Kier alpha value is -1.31. The maximum Gasteiger partial charge on any atom is 0.325 e. The molecule has 0 aliphatic carbocycles. The molecule has 0 aromatic carbocycles. The molecule has 0 aliphatic rings. The minimum absolute atomic E-state index is 0.948. The van der Waals surface area contributed by atoms with E-state index in [0.29, 0.717) is 0 Å². The van der Waals surface area contributed by atoms with Gasteiger partial charge in [-0.2, -0.15) is 0 Å². The van der Waals surface area contributed by atoms with Crippen LogP contribution in [0, 0.1) is 0 Å². The lowest BCUT2D eigenvalue weighted by atomic mass is 10.8. The van der Waals surface area contributed by atoms with Crippen LogP contribution in [0.2, 0.25) is 0 Å². The fraction of sp³-hybridized carbons (Fsp3) is 0.333. The maximum absolute atomic E-state index is 10.5. The van der Waals surface area contributed by atoms with Crippen molar-refractivity contribution in [1.82, 2.24) is 4.72 Å². The molecule has 0 aliphatic heterocycles. The first kappa shape index (κ1) is 9.69.